The summed E-state index contributed by atoms with van der Waals surface area (Å²) in [6.07, 6.45) is 1.63. The molecule has 1 heterocycles. The lowest BCUT2D eigenvalue weighted by molar-refractivity contribution is 0.587. The van der Waals surface area contributed by atoms with Gasteiger partial charge in [0.15, 0.2) is 0 Å². The maximum absolute atomic E-state index is 13.3. The van der Waals surface area contributed by atoms with Crippen molar-refractivity contribution in [3.05, 3.63) is 58.2 Å². The lowest BCUT2D eigenvalue weighted by Crippen LogP contribution is -2.03. The number of anilines is 1. The SMILES string of the molecule is Fc1ccc(F)c(CNc2ccc(Br)cn2)c1. The number of pyridine rings is 1. The molecular formula is C12H9BrF2N2. The van der Waals surface area contributed by atoms with Gasteiger partial charge < -0.3 is 5.32 Å². The molecule has 0 aliphatic heterocycles. The number of benzene rings is 1. The van der Waals surface area contributed by atoms with Crippen LogP contribution in [0.4, 0.5) is 14.6 Å². The van der Waals surface area contributed by atoms with Crippen molar-refractivity contribution in [1.29, 1.82) is 0 Å². The van der Waals surface area contributed by atoms with Gasteiger partial charge in [-0.05, 0) is 46.3 Å². The summed E-state index contributed by atoms with van der Waals surface area (Å²) in [6, 6.07) is 6.94. The van der Waals surface area contributed by atoms with Crippen molar-refractivity contribution >= 4 is 21.7 Å². The smallest absolute Gasteiger partial charge is 0.128 e. The molecule has 1 aromatic carbocycles. The van der Waals surface area contributed by atoms with Gasteiger partial charge in [-0.1, -0.05) is 0 Å². The van der Waals surface area contributed by atoms with Gasteiger partial charge in [0, 0.05) is 22.8 Å². The molecule has 0 aliphatic carbocycles. The number of nitrogens with one attached hydrogen (secondary N) is 1. The van der Waals surface area contributed by atoms with Crippen LogP contribution in [0.1, 0.15) is 5.56 Å². The number of aromatic nitrogens is 1. The Kier molecular flexibility index (Phi) is 3.68. The number of hydrogen-bond donors (Lipinski definition) is 1. The number of nitrogens with zero attached hydrogens (tertiary/aromatic N) is 1. The zero-order valence-electron chi connectivity index (χ0n) is 8.75. The molecule has 1 N–H and O–H groups in total. The first-order valence-electron chi connectivity index (χ1n) is 4.94. The highest BCUT2D eigenvalue weighted by atomic mass is 79.9. The predicted molar refractivity (Wildman–Crippen MR) is 65.6 cm³/mol. The van der Waals surface area contributed by atoms with E-state index in [0.717, 1.165) is 16.6 Å². The minimum atomic E-state index is -0.452. The molecule has 5 heteroatoms. The first-order chi connectivity index (χ1) is 8.15. The van der Waals surface area contributed by atoms with Gasteiger partial charge in [0.2, 0.25) is 0 Å². The summed E-state index contributed by atoms with van der Waals surface area (Å²) in [4.78, 5) is 4.07. The lowest BCUT2D eigenvalue weighted by atomic mass is 10.2. The van der Waals surface area contributed by atoms with Crippen molar-refractivity contribution in [3.8, 4) is 0 Å². The van der Waals surface area contributed by atoms with Crippen LogP contribution in [0.25, 0.3) is 0 Å². The van der Waals surface area contributed by atoms with Crippen LogP contribution in [0.5, 0.6) is 0 Å². The van der Waals surface area contributed by atoms with E-state index in [9.17, 15) is 8.78 Å². The highest BCUT2D eigenvalue weighted by molar-refractivity contribution is 9.10. The summed E-state index contributed by atoms with van der Waals surface area (Å²) >= 11 is 3.26. The van der Waals surface area contributed by atoms with E-state index in [4.69, 9.17) is 0 Å². The van der Waals surface area contributed by atoms with E-state index in [1.807, 2.05) is 6.07 Å². The zero-order chi connectivity index (χ0) is 12.3. The molecule has 0 atom stereocenters. The quantitative estimate of drug-likeness (QED) is 0.934. The van der Waals surface area contributed by atoms with E-state index in [-0.39, 0.29) is 12.1 Å². The molecule has 17 heavy (non-hydrogen) atoms. The molecule has 0 spiro atoms. The maximum atomic E-state index is 13.3. The zero-order valence-corrected chi connectivity index (χ0v) is 10.3. The Labute approximate surface area is 106 Å². The van der Waals surface area contributed by atoms with Gasteiger partial charge >= 0.3 is 0 Å². The third-order valence-electron chi connectivity index (χ3n) is 2.20. The van der Waals surface area contributed by atoms with E-state index in [2.05, 4.69) is 26.2 Å². The van der Waals surface area contributed by atoms with Crippen LogP contribution in [0.15, 0.2) is 41.0 Å². The summed E-state index contributed by atoms with van der Waals surface area (Å²) < 4.78 is 27.1. The van der Waals surface area contributed by atoms with Crippen LogP contribution in [-0.4, -0.2) is 4.98 Å². The normalized spacial score (nSPS) is 10.3. The molecule has 2 aromatic rings. The largest absolute Gasteiger partial charge is 0.366 e. The molecule has 0 radical (unpaired) electrons. The van der Waals surface area contributed by atoms with Gasteiger partial charge in [-0.2, -0.15) is 0 Å². The van der Waals surface area contributed by atoms with E-state index < -0.39 is 11.6 Å². The molecule has 0 unspecified atom stereocenters. The molecule has 2 rings (SSSR count). The molecule has 0 fully saturated rings. The fourth-order valence-corrected chi connectivity index (χ4v) is 1.58. The average molecular weight is 299 g/mol. The van der Waals surface area contributed by atoms with Gasteiger partial charge in [-0.3, -0.25) is 0 Å². The Bertz CT molecular complexity index is 514. The second kappa shape index (κ2) is 5.23. The van der Waals surface area contributed by atoms with E-state index in [1.165, 1.54) is 6.07 Å². The van der Waals surface area contributed by atoms with E-state index in [1.54, 1.807) is 12.3 Å². The second-order valence-electron chi connectivity index (χ2n) is 3.45. The van der Waals surface area contributed by atoms with Gasteiger partial charge in [0.1, 0.15) is 17.5 Å². The molecule has 2 nitrogen and oxygen atoms in total. The van der Waals surface area contributed by atoms with Crippen LogP contribution >= 0.6 is 15.9 Å². The van der Waals surface area contributed by atoms with E-state index in [0.29, 0.717) is 5.82 Å². The lowest BCUT2D eigenvalue weighted by Gasteiger charge is -2.06. The van der Waals surface area contributed by atoms with Crippen LogP contribution in [0, 0.1) is 11.6 Å². The second-order valence-corrected chi connectivity index (χ2v) is 4.37. The van der Waals surface area contributed by atoms with Gasteiger partial charge in [-0.15, -0.1) is 0 Å². The van der Waals surface area contributed by atoms with Gasteiger partial charge in [0.05, 0.1) is 0 Å². The van der Waals surface area contributed by atoms with Crippen LogP contribution in [0.2, 0.25) is 0 Å². The Hall–Kier alpha value is -1.49. The number of halogens is 3. The molecule has 0 amide bonds. The number of hydrogen-bond acceptors (Lipinski definition) is 2. The first kappa shape index (κ1) is 12.0. The standard InChI is InChI=1S/C12H9BrF2N2/c13-9-1-4-12(17-7-9)16-6-8-5-10(14)2-3-11(8)15/h1-5,7H,6H2,(H,16,17). The minimum absolute atomic E-state index is 0.193. The Morgan fingerprint density at radius 3 is 2.71 bits per heavy atom. The summed E-state index contributed by atoms with van der Waals surface area (Å²) in [7, 11) is 0. The topological polar surface area (TPSA) is 24.9 Å². The third-order valence-corrected chi connectivity index (χ3v) is 2.66. The predicted octanol–water partition coefficient (Wildman–Crippen LogP) is 3.73. The Morgan fingerprint density at radius 2 is 2.00 bits per heavy atom. The molecule has 0 saturated heterocycles. The van der Waals surface area contributed by atoms with Gasteiger partial charge in [0.25, 0.3) is 0 Å². The van der Waals surface area contributed by atoms with Crippen molar-refractivity contribution in [2.24, 2.45) is 0 Å². The highest BCUT2D eigenvalue weighted by Gasteiger charge is 2.03. The molecule has 0 aliphatic rings. The number of rotatable bonds is 3. The fraction of sp³-hybridized carbons (Fsp3) is 0.0833. The fourth-order valence-electron chi connectivity index (χ4n) is 1.34. The maximum Gasteiger partial charge on any atom is 0.128 e. The molecular weight excluding hydrogens is 290 g/mol. The summed E-state index contributed by atoms with van der Waals surface area (Å²) in [5.41, 5.74) is 0.273. The van der Waals surface area contributed by atoms with Crippen molar-refractivity contribution < 1.29 is 8.78 Å². The van der Waals surface area contributed by atoms with Crippen LogP contribution in [-0.2, 0) is 6.54 Å². The minimum Gasteiger partial charge on any atom is -0.366 e. The summed E-state index contributed by atoms with van der Waals surface area (Å²) in [5, 5.41) is 2.92. The van der Waals surface area contributed by atoms with Crippen molar-refractivity contribution in [2.75, 3.05) is 5.32 Å². The van der Waals surface area contributed by atoms with E-state index >= 15 is 0 Å². The molecule has 0 saturated carbocycles. The average Bonchev–Trinajstić information content (AvgIpc) is 2.32. The summed E-state index contributed by atoms with van der Waals surface area (Å²) in [6.45, 7) is 0.193. The van der Waals surface area contributed by atoms with Crippen molar-refractivity contribution in [1.82, 2.24) is 4.98 Å². The Morgan fingerprint density at radius 1 is 1.18 bits per heavy atom. The Balaban J connectivity index is 2.07. The highest BCUT2D eigenvalue weighted by Crippen LogP contribution is 2.14. The summed E-state index contributed by atoms with van der Waals surface area (Å²) in [5.74, 6) is -0.278. The van der Waals surface area contributed by atoms with Crippen LogP contribution in [0.3, 0.4) is 0 Å². The van der Waals surface area contributed by atoms with Crippen LogP contribution < -0.4 is 5.32 Å². The van der Waals surface area contributed by atoms with Crippen molar-refractivity contribution in [2.45, 2.75) is 6.54 Å². The third kappa shape index (κ3) is 3.23. The monoisotopic (exact) mass is 298 g/mol. The molecule has 1 aromatic heterocycles. The molecule has 88 valence electrons. The molecule has 0 bridgehead atoms. The van der Waals surface area contributed by atoms with Crippen molar-refractivity contribution in [3.63, 3.8) is 0 Å². The first-order valence-corrected chi connectivity index (χ1v) is 5.74. The van der Waals surface area contributed by atoms with Gasteiger partial charge in [-0.25, -0.2) is 13.8 Å².